The Bertz CT molecular complexity index is 455. The minimum absolute atomic E-state index is 0.243. The summed E-state index contributed by atoms with van der Waals surface area (Å²) in [5.74, 6) is 1.80. The molecule has 2 saturated carbocycles. The molecule has 0 saturated heterocycles. The average Bonchev–Trinajstić information content (AvgIpc) is 3.00. The first-order valence-corrected chi connectivity index (χ1v) is 6.90. The van der Waals surface area contributed by atoms with Crippen molar-refractivity contribution in [3.63, 3.8) is 0 Å². The maximum atomic E-state index is 11.1. The first-order valence-electron chi connectivity index (χ1n) is 6.90. The maximum absolute atomic E-state index is 11.1. The number of fused-ring (bicyclic) bond motifs is 2. The van der Waals surface area contributed by atoms with Gasteiger partial charge in [-0.2, -0.15) is 5.10 Å². The van der Waals surface area contributed by atoms with Crippen LogP contribution in [0.4, 0.5) is 0 Å². The van der Waals surface area contributed by atoms with Gasteiger partial charge in [0.1, 0.15) is 11.3 Å². The fourth-order valence-corrected chi connectivity index (χ4v) is 3.89. The van der Waals surface area contributed by atoms with Crippen molar-refractivity contribution in [2.45, 2.75) is 51.2 Å². The van der Waals surface area contributed by atoms with Gasteiger partial charge in [0, 0.05) is 6.04 Å². The highest BCUT2D eigenvalue weighted by molar-refractivity contribution is 5.34. The van der Waals surface area contributed by atoms with Crippen LogP contribution >= 0.6 is 0 Å². The van der Waals surface area contributed by atoms with Crippen molar-refractivity contribution < 1.29 is 9.84 Å². The van der Waals surface area contributed by atoms with Gasteiger partial charge in [-0.1, -0.05) is 0 Å². The molecule has 0 amide bonds. The highest BCUT2D eigenvalue weighted by Crippen LogP contribution is 2.57. The predicted molar refractivity (Wildman–Crippen MR) is 68.5 cm³/mol. The molecule has 1 heterocycles. The average molecular weight is 250 g/mol. The minimum atomic E-state index is -0.727. The molecule has 2 aliphatic carbocycles. The van der Waals surface area contributed by atoms with Crippen molar-refractivity contribution in [2.75, 3.05) is 7.11 Å². The molecule has 0 spiro atoms. The Morgan fingerprint density at radius 3 is 2.78 bits per heavy atom. The fourth-order valence-electron chi connectivity index (χ4n) is 3.89. The molecule has 100 valence electrons. The zero-order valence-corrected chi connectivity index (χ0v) is 11.4. The van der Waals surface area contributed by atoms with E-state index in [-0.39, 0.29) is 6.04 Å². The topological polar surface area (TPSA) is 47.3 Å². The van der Waals surface area contributed by atoms with Crippen molar-refractivity contribution in [1.82, 2.24) is 9.78 Å². The molecular formula is C14H22N2O2. The van der Waals surface area contributed by atoms with Gasteiger partial charge in [0.05, 0.1) is 13.3 Å². The van der Waals surface area contributed by atoms with Gasteiger partial charge in [-0.3, -0.25) is 4.68 Å². The van der Waals surface area contributed by atoms with Crippen molar-refractivity contribution in [3.8, 4) is 5.75 Å². The Kier molecular flexibility index (Phi) is 2.66. The lowest BCUT2D eigenvalue weighted by atomic mass is 9.81. The van der Waals surface area contributed by atoms with Gasteiger partial charge in [0.2, 0.25) is 0 Å². The smallest absolute Gasteiger partial charge is 0.162 e. The number of rotatable bonds is 3. The first kappa shape index (κ1) is 12.0. The van der Waals surface area contributed by atoms with E-state index in [0.717, 1.165) is 30.7 Å². The summed E-state index contributed by atoms with van der Waals surface area (Å²) in [6, 6.07) is 0.243. The highest BCUT2D eigenvalue weighted by Gasteiger charge is 2.53. The van der Waals surface area contributed by atoms with Gasteiger partial charge in [-0.05, 0) is 51.4 Å². The molecule has 0 aliphatic heterocycles. The number of hydrogen-bond donors (Lipinski definition) is 1. The van der Waals surface area contributed by atoms with E-state index in [9.17, 15) is 5.11 Å². The Hall–Kier alpha value is -1.03. The third-order valence-electron chi connectivity index (χ3n) is 4.70. The number of aromatic nitrogens is 2. The third kappa shape index (κ3) is 1.51. The summed E-state index contributed by atoms with van der Waals surface area (Å²) in [5.41, 5.74) is 0.168. The van der Waals surface area contributed by atoms with Crippen LogP contribution in [0.15, 0.2) is 6.20 Å². The molecule has 3 rings (SSSR count). The molecule has 3 atom stereocenters. The number of nitrogens with zero attached hydrogens (tertiary/aromatic N) is 2. The molecule has 4 nitrogen and oxygen atoms in total. The van der Waals surface area contributed by atoms with Crippen LogP contribution in [0.1, 0.15) is 51.3 Å². The Morgan fingerprint density at radius 1 is 1.50 bits per heavy atom. The van der Waals surface area contributed by atoms with Crippen LogP contribution in [0.3, 0.4) is 0 Å². The molecule has 1 aromatic heterocycles. The van der Waals surface area contributed by atoms with Crippen LogP contribution in [-0.2, 0) is 5.60 Å². The summed E-state index contributed by atoms with van der Waals surface area (Å²) >= 11 is 0. The van der Waals surface area contributed by atoms with E-state index in [0.29, 0.717) is 11.8 Å². The van der Waals surface area contributed by atoms with Crippen molar-refractivity contribution >= 4 is 0 Å². The van der Waals surface area contributed by atoms with Crippen LogP contribution < -0.4 is 4.74 Å². The highest BCUT2D eigenvalue weighted by atomic mass is 16.5. The van der Waals surface area contributed by atoms with E-state index in [1.807, 2.05) is 4.68 Å². The molecule has 0 aromatic carbocycles. The number of methoxy groups -OCH3 is 1. The lowest BCUT2D eigenvalue weighted by Crippen LogP contribution is -2.35. The predicted octanol–water partition coefficient (Wildman–Crippen LogP) is 2.48. The Morgan fingerprint density at radius 2 is 2.28 bits per heavy atom. The Balaban J connectivity index is 2.07. The summed E-state index contributed by atoms with van der Waals surface area (Å²) in [6.07, 6.45) is 6.16. The lowest BCUT2D eigenvalue weighted by Gasteiger charge is -2.34. The van der Waals surface area contributed by atoms with E-state index in [1.165, 1.54) is 6.42 Å². The van der Waals surface area contributed by atoms with Crippen LogP contribution in [0.5, 0.6) is 5.75 Å². The molecule has 2 aliphatic rings. The van der Waals surface area contributed by atoms with E-state index < -0.39 is 5.60 Å². The minimum Gasteiger partial charge on any atom is -0.493 e. The second-order valence-corrected chi connectivity index (χ2v) is 6.10. The summed E-state index contributed by atoms with van der Waals surface area (Å²) in [7, 11) is 1.65. The Labute approximate surface area is 108 Å². The maximum Gasteiger partial charge on any atom is 0.162 e. The van der Waals surface area contributed by atoms with E-state index in [2.05, 4.69) is 18.9 Å². The molecule has 1 N–H and O–H groups in total. The quantitative estimate of drug-likeness (QED) is 0.896. The number of aliphatic hydroxyl groups is 1. The largest absolute Gasteiger partial charge is 0.493 e. The van der Waals surface area contributed by atoms with Crippen LogP contribution in [0, 0.1) is 11.8 Å². The van der Waals surface area contributed by atoms with Crippen LogP contribution in [0.2, 0.25) is 0 Å². The molecule has 3 unspecified atom stereocenters. The zero-order chi connectivity index (χ0) is 12.9. The zero-order valence-electron chi connectivity index (χ0n) is 11.4. The third-order valence-corrected chi connectivity index (χ3v) is 4.70. The van der Waals surface area contributed by atoms with Crippen molar-refractivity contribution in [2.24, 2.45) is 11.8 Å². The second kappa shape index (κ2) is 3.98. The molecule has 0 radical (unpaired) electrons. The number of ether oxygens (including phenoxy) is 1. The molecule has 2 bridgehead atoms. The normalized spacial score (nSPS) is 34.5. The first-order chi connectivity index (χ1) is 8.56. The van der Waals surface area contributed by atoms with Crippen LogP contribution in [0.25, 0.3) is 0 Å². The molecule has 2 fully saturated rings. The lowest BCUT2D eigenvalue weighted by molar-refractivity contribution is -0.0287. The summed E-state index contributed by atoms with van der Waals surface area (Å²) in [5, 5.41) is 15.5. The van der Waals surface area contributed by atoms with E-state index in [4.69, 9.17) is 4.74 Å². The van der Waals surface area contributed by atoms with E-state index >= 15 is 0 Å². The van der Waals surface area contributed by atoms with Gasteiger partial charge in [-0.15, -0.1) is 0 Å². The van der Waals surface area contributed by atoms with Gasteiger partial charge >= 0.3 is 0 Å². The fraction of sp³-hybridized carbons (Fsp3) is 0.786. The SMILES string of the molecule is COc1cnn(C(C)C)c1C1(O)CC2CCC1C2. The molecule has 4 heteroatoms. The van der Waals surface area contributed by atoms with Gasteiger partial charge < -0.3 is 9.84 Å². The van der Waals surface area contributed by atoms with E-state index in [1.54, 1.807) is 13.3 Å². The van der Waals surface area contributed by atoms with Crippen molar-refractivity contribution in [1.29, 1.82) is 0 Å². The molecule has 18 heavy (non-hydrogen) atoms. The van der Waals surface area contributed by atoms with Gasteiger partial charge in [0.15, 0.2) is 5.75 Å². The second-order valence-electron chi connectivity index (χ2n) is 6.10. The summed E-state index contributed by atoms with van der Waals surface area (Å²) < 4.78 is 7.35. The molecular weight excluding hydrogens is 228 g/mol. The standard InChI is InChI=1S/C14H22N2O2/c1-9(2)16-13(12(18-3)8-15-16)14(17)7-10-4-5-11(14)6-10/h8-11,17H,4-7H2,1-3H3. The number of hydrogen-bond acceptors (Lipinski definition) is 3. The van der Waals surface area contributed by atoms with Crippen LogP contribution in [-0.4, -0.2) is 22.0 Å². The van der Waals surface area contributed by atoms with Gasteiger partial charge in [0.25, 0.3) is 0 Å². The monoisotopic (exact) mass is 250 g/mol. The van der Waals surface area contributed by atoms with Crippen molar-refractivity contribution in [3.05, 3.63) is 11.9 Å². The molecule has 1 aromatic rings. The summed E-state index contributed by atoms with van der Waals surface area (Å²) in [6.45, 7) is 4.18. The summed E-state index contributed by atoms with van der Waals surface area (Å²) in [4.78, 5) is 0. The van der Waals surface area contributed by atoms with Gasteiger partial charge in [-0.25, -0.2) is 0 Å².